The van der Waals surface area contributed by atoms with Crippen molar-refractivity contribution in [3.05, 3.63) is 11.3 Å². The fourth-order valence-electron chi connectivity index (χ4n) is 3.21. The lowest BCUT2D eigenvalue weighted by Crippen LogP contribution is -2.40. The van der Waals surface area contributed by atoms with E-state index in [1.807, 2.05) is 11.7 Å². The first kappa shape index (κ1) is 16.3. The molecule has 5 heteroatoms. The summed E-state index contributed by atoms with van der Waals surface area (Å²) in [6.45, 7) is 10.9. The molecule has 120 valence electrons. The monoisotopic (exact) mass is 294 g/mol. The Hall–Kier alpha value is -1.07. The molecule has 2 rings (SSSR count). The second-order valence-corrected chi connectivity index (χ2v) is 6.50. The van der Waals surface area contributed by atoms with Crippen molar-refractivity contribution in [3.63, 3.8) is 0 Å². The average molecular weight is 294 g/mol. The number of nitrogens with zero attached hydrogens (tertiary/aromatic N) is 3. The maximum atomic E-state index is 5.51. The van der Waals surface area contributed by atoms with Crippen LogP contribution in [0.25, 0.3) is 0 Å². The number of aromatic nitrogens is 2. The third-order valence-corrected chi connectivity index (χ3v) is 4.28. The first-order chi connectivity index (χ1) is 10.0. The molecule has 1 aliphatic rings. The summed E-state index contributed by atoms with van der Waals surface area (Å²) in [5, 5.41) is 8.05. The van der Waals surface area contributed by atoms with E-state index in [9.17, 15) is 0 Å². The predicted molar refractivity (Wildman–Crippen MR) is 85.6 cm³/mol. The molecule has 21 heavy (non-hydrogen) atoms. The Morgan fingerprint density at radius 1 is 1.43 bits per heavy atom. The van der Waals surface area contributed by atoms with E-state index in [2.05, 4.69) is 36.1 Å². The van der Waals surface area contributed by atoms with Crippen LogP contribution >= 0.6 is 0 Å². The summed E-state index contributed by atoms with van der Waals surface area (Å²) in [4.78, 5) is 2.54. The lowest BCUT2D eigenvalue weighted by molar-refractivity contribution is 0.162. The third kappa shape index (κ3) is 4.20. The molecular formula is C16H30N4O. The highest BCUT2D eigenvalue weighted by Gasteiger charge is 2.23. The number of likely N-dealkylation sites (tertiary alicyclic amines) is 1. The molecule has 0 aliphatic carbocycles. The summed E-state index contributed by atoms with van der Waals surface area (Å²) in [5.74, 6) is 1.65. The fraction of sp³-hybridized carbons (Fsp3) is 0.812. The number of aryl methyl sites for hydroxylation is 2. The number of nitrogens with one attached hydrogen (secondary N) is 1. The summed E-state index contributed by atoms with van der Waals surface area (Å²) in [6.07, 6.45) is 2.62. The van der Waals surface area contributed by atoms with Gasteiger partial charge in [0.05, 0.1) is 18.4 Å². The molecular weight excluding hydrogens is 264 g/mol. The van der Waals surface area contributed by atoms with Gasteiger partial charge in [0.25, 0.3) is 0 Å². The van der Waals surface area contributed by atoms with Gasteiger partial charge < -0.3 is 10.1 Å². The first-order valence-corrected chi connectivity index (χ1v) is 8.03. The molecule has 0 amide bonds. The van der Waals surface area contributed by atoms with Gasteiger partial charge in [0.2, 0.25) is 5.88 Å². The SMILES string of the molecule is COc1c(CN2CCCC(CNC(C)C)C2)c(C)nn1C. The van der Waals surface area contributed by atoms with Gasteiger partial charge in [0.1, 0.15) is 0 Å². The molecule has 1 unspecified atom stereocenters. The molecule has 1 aliphatic heterocycles. The number of hydrogen-bond donors (Lipinski definition) is 1. The van der Waals surface area contributed by atoms with Gasteiger partial charge in [-0.15, -0.1) is 0 Å². The minimum absolute atomic E-state index is 0.570. The Morgan fingerprint density at radius 2 is 2.19 bits per heavy atom. The van der Waals surface area contributed by atoms with Crippen molar-refractivity contribution in [2.75, 3.05) is 26.7 Å². The molecule has 1 saturated heterocycles. The molecule has 1 fully saturated rings. The second kappa shape index (κ2) is 7.27. The van der Waals surface area contributed by atoms with Crippen molar-refractivity contribution in [2.24, 2.45) is 13.0 Å². The summed E-state index contributed by atoms with van der Waals surface area (Å²) in [7, 11) is 3.67. The quantitative estimate of drug-likeness (QED) is 0.871. The average Bonchev–Trinajstić information content (AvgIpc) is 2.71. The Morgan fingerprint density at radius 3 is 2.86 bits per heavy atom. The van der Waals surface area contributed by atoms with E-state index >= 15 is 0 Å². The number of piperidine rings is 1. The molecule has 1 aromatic rings. The van der Waals surface area contributed by atoms with Gasteiger partial charge >= 0.3 is 0 Å². The highest BCUT2D eigenvalue weighted by molar-refractivity contribution is 5.30. The van der Waals surface area contributed by atoms with Crippen LogP contribution in [-0.2, 0) is 13.6 Å². The summed E-state index contributed by atoms with van der Waals surface area (Å²) >= 11 is 0. The summed E-state index contributed by atoms with van der Waals surface area (Å²) in [6, 6.07) is 0.570. The van der Waals surface area contributed by atoms with Gasteiger partial charge in [-0.3, -0.25) is 4.90 Å². The first-order valence-electron chi connectivity index (χ1n) is 8.03. The second-order valence-electron chi connectivity index (χ2n) is 6.50. The van der Waals surface area contributed by atoms with Crippen LogP contribution in [-0.4, -0.2) is 47.5 Å². The van der Waals surface area contributed by atoms with Crippen LogP contribution in [0.5, 0.6) is 5.88 Å². The number of methoxy groups -OCH3 is 1. The number of hydrogen-bond acceptors (Lipinski definition) is 4. The zero-order chi connectivity index (χ0) is 15.4. The molecule has 1 N–H and O–H groups in total. The van der Waals surface area contributed by atoms with E-state index in [1.54, 1.807) is 7.11 Å². The molecule has 1 aromatic heterocycles. The Labute approximate surface area is 128 Å². The summed E-state index contributed by atoms with van der Waals surface area (Å²) < 4.78 is 7.35. The topological polar surface area (TPSA) is 42.3 Å². The van der Waals surface area contributed by atoms with Crippen LogP contribution in [0, 0.1) is 12.8 Å². The summed E-state index contributed by atoms with van der Waals surface area (Å²) in [5.41, 5.74) is 2.31. The predicted octanol–water partition coefficient (Wildman–Crippen LogP) is 1.95. The van der Waals surface area contributed by atoms with E-state index in [0.29, 0.717) is 6.04 Å². The molecule has 0 saturated carbocycles. The maximum absolute atomic E-state index is 5.51. The van der Waals surface area contributed by atoms with Crippen LogP contribution in [0.1, 0.15) is 37.9 Å². The number of ether oxygens (including phenoxy) is 1. The van der Waals surface area contributed by atoms with Gasteiger partial charge in [-0.2, -0.15) is 5.10 Å². The lowest BCUT2D eigenvalue weighted by Gasteiger charge is -2.33. The Bertz CT molecular complexity index is 455. The maximum Gasteiger partial charge on any atom is 0.216 e. The molecule has 0 aromatic carbocycles. The zero-order valence-corrected chi connectivity index (χ0v) is 14.1. The normalized spacial score (nSPS) is 20.2. The molecule has 0 spiro atoms. The van der Waals surface area contributed by atoms with Gasteiger partial charge in [-0.05, 0) is 38.8 Å². The Kier molecular flexibility index (Phi) is 5.65. The van der Waals surface area contributed by atoms with Crippen molar-refractivity contribution in [3.8, 4) is 5.88 Å². The van der Waals surface area contributed by atoms with Gasteiger partial charge in [-0.1, -0.05) is 13.8 Å². The van der Waals surface area contributed by atoms with E-state index in [0.717, 1.165) is 37.1 Å². The lowest BCUT2D eigenvalue weighted by atomic mass is 9.97. The molecule has 5 nitrogen and oxygen atoms in total. The van der Waals surface area contributed by atoms with E-state index in [4.69, 9.17) is 4.74 Å². The minimum Gasteiger partial charge on any atom is -0.481 e. The molecule has 2 heterocycles. The highest BCUT2D eigenvalue weighted by atomic mass is 16.5. The largest absolute Gasteiger partial charge is 0.481 e. The van der Waals surface area contributed by atoms with Crippen molar-refractivity contribution >= 4 is 0 Å². The van der Waals surface area contributed by atoms with Crippen molar-refractivity contribution < 1.29 is 4.74 Å². The molecule has 0 bridgehead atoms. The number of rotatable bonds is 6. The highest BCUT2D eigenvalue weighted by Crippen LogP contribution is 2.25. The van der Waals surface area contributed by atoms with E-state index in [-0.39, 0.29) is 0 Å². The third-order valence-electron chi connectivity index (χ3n) is 4.28. The fourth-order valence-corrected chi connectivity index (χ4v) is 3.21. The Balaban J connectivity index is 1.96. The zero-order valence-electron chi connectivity index (χ0n) is 14.1. The van der Waals surface area contributed by atoms with Gasteiger partial charge in [-0.25, -0.2) is 4.68 Å². The van der Waals surface area contributed by atoms with Crippen molar-refractivity contribution in [1.82, 2.24) is 20.0 Å². The van der Waals surface area contributed by atoms with E-state index < -0.39 is 0 Å². The smallest absolute Gasteiger partial charge is 0.216 e. The molecule has 0 radical (unpaired) electrons. The standard InChI is InChI=1S/C16H30N4O/c1-12(2)17-9-14-7-6-8-20(10-14)11-15-13(3)18-19(4)16(15)21-5/h12,14,17H,6-11H2,1-5H3. The van der Waals surface area contributed by atoms with Gasteiger partial charge in [0, 0.05) is 26.2 Å². The van der Waals surface area contributed by atoms with Gasteiger partial charge in [0.15, 0.2) is 0 Å². The van der Waals surface area contributed by atoms with Crippen LogP contribution in [0.3, 0.4) is 0 Å². The molecule has 1 atom stereocenters. The van der Waals surface area contributed by atoms with Crippen LogP contribution in [0.2, 0.25) is 0 Å². The van der Waals surface area contributed by atoms with Crippen LogP contribution in [0.4, 0.5) is 0 Å². The minimum atomic E-state index is 0.570. The van der Waals surface area contributed by atoms with Crippen LogP contribution < -0.4 is 10.1 Å². The van der Waals surface area contributed by atoms with Crippen molar-refractivity contribution in [1.29, 1.82) is 0 Å². The van der Waals surface area contributed by atoms with Crippen LogP contribution in [0.15, 0.2) is 0 Å². The van der Waals surface area contributed by atoms with E-state index in [1.165, 1.54) is 24.9 Å². The van der Waals surface area contributed by atoms with Crippen molar-refractivity contribution in [2.45, 2.75) is 46.2 Å².